The number of nitrogens with one attached hydrogen (secondary N) is 1. The maximum atomic E-state index is 10.7. The number of carbonyl (C=O) groups is 1. The first-order valence-corrected chi connectivity index (χ1v) is 4.78. The summed E-state index contributed by atoms with van der Waals surface area (Å²) in [6.07, 6.45) is 3.36. The Hall–Kier alpha value is -2.44. The lowest BCUT2D eigenvalue weighted by Crippen LogP contribution is -2.07. The van der Waals surface area contributed by atoms with Crippen molar-refractivity contribution in [3.63, 3.8) is 0 Å². The highest BCUT2D eigenvalue weighted by atomic mass is 16.6. The molecule has 2 N–H and O–H groups in total. The predicted molar refractivity (Wildman–Crippen MR) is 61.2 cm³/mol. The molecule has 0 aliphatic rings. The summed E-state index contributed by atoms with van der Waals surface area (Å²) in [6.45, 7) is 3.96. The average molecular weight is 237 g/mol. The number of hydrogen-bond donors (Lipinski definition) is 2. The van der Waals surface area contributed by atoms with Gasteiger partial charge in [-0.2, -0.15) is 0 Å². The second kappa shape index (κ2) is 5.59. The smallest absolute Gasteiger partial charge is 0.337 e. The molecule has 90 valence electrons. The van der Waals surface area contributed by atoms with E-state index in [9.17, 15) is 14.9 Å². The summed E-state index contributed by atoms with van der Waals surface area (Å²) in [4.78, 5) is 24.4. The van der Waals surface area contributed by atoms with Gasteiger partial charge in [-0.1, -0.05) is 6.08 Å². The Morgan fingerprint density at radius 1 is 1.71 bits per heavy atom. The second-order valence-electron chi connectivity index (χ2n) is 3.16. The molecule has 7 heteroatoms. The molecule has 0 bridgehead atoms. The van der Waals surface area contributed by atoms with Gasteiger partial charge in [0.1, 0.15) is 0 Å². The van der Waals surface area contributed by atoms with E-state index in [0.717, 1.165) is 12.3 Å². The van der Waals surface area contributed by atoms with Crippen molar-refractivity contribution in [2.45, 2.75) is 6.42 Å². The number of carboxylic acid groups (broad SMARTS) is 1. The van der Waals surface area contributed by atoms with Crippen LogP contribution in [0.2, 0.25) is 0 Å². The molecule has 0 radical (unpaired) electrons. The summed E-state index contributed by atoms with van der Waals surface area (Å²) in [7, 11) is 0. The van der Waals surface area contributed by atoms with Crippen molar-refractivity contribution in [2.75, 3.05) is 11.9 Å². The van der Waals surface area contributed by atoms with Crippen molar-refractivity contribution >= 4 is 17.5 Å². The van der Waals surface area contributed by atoms with E-state index in [1.165, 1.54) is 0 Å². The van der Waals surface area contributed by atoms with Crippen LogP contribution in [0.25, 0.3) is 0 Å². The normalized spacial score (nSPS) is 9.65. The average Bonchev–Trinajstić information content (AvgIpc) is 2.29. The Bertz CT molecular complexity index is 459. The van der Waals surface area contributed by atoms with Gasteiger partial charge in [0, 0.05) is 18.8 Å². The van der Waals surface area contributed by atoms with Gasteiger partial charge in [0.15, 0.2) is 0 Å². The molecule has 0 aliphatic heterocycles. The van der Waals surface area contributed by atoms with Gasteiger partial charge in [-0.25, -0.2) is 9.78 Å². The molecule has 1 heterocycles. The number of nitro groups is 1. The van der Waals surface area contributed by atoms with Gasteiger partial charge < -0.3 is 10.4 Å². The highest BCUT2D eigenvalue weighted by Crippen LogP contribution is 2.22. The second-order valence-corrected chi connectivity index (χ2v) is 3.16. The fourth-order valence-electron chi connectivity index (χ4n) is 1.14. The van der Waals surface area contributed by atoms with Crippen molar-refractivity contribution in [2.24, 2.45) is 0 Å². The third-order valence-corrected chi connectivity index (χ3v) is 1.95. The van der Waals surface area contributed by atoms with Crippen molar-refractivity contribution in [3.8, 4) is 0 Å². The van der Waals surface area contributed by atoms with E-state index in [1.54, 1.807) is 6.08 Å². The van der Waals surface area contributed by atoms with E-state index in [2.05, 4.69) is 16.9 Å². The predicted octanol–water partition coefficient (Wildman–Crippen LogP) is 1.68. The minimum Gasteiger partial charge on any atom is -0.478 e. The number of aromatic carboxylic acids is 1. The van der Waals surface area contributed by atoms with E-state index < -0.39 is 10.9 Å². The van der Waals surface area contributed by atoms with E-state index in [1.807, 2.05) is 0 Å². The minimum atomic E-state index is -1.25. The third-order valence-electron chi connectivity index (χ3n) is 1.95. The van der Waals surface area contributed by atoms with Gasteiger partial charge in [-0.15, -0.1) is 6.58 Å². The lowest BCUT2D eigenvalue weighted by Gasteiger charge is -2.04. The van der Waals surface area contributed by atoms with Gasteiger partial charge >= 0.3 is 11.7 Å². The zero-order chi connectivity index (χ0) is 12.8. The lowest BCUT2D eigenvalue weighted by molar-refractivity contribution is -0.384. The number of pyridine rings is 1. The third kappa shape index (κ3) is 3.26. The lowest BCUT2D eigenvalue weighted by atomic mass is 10.2. The quantitative estimate of drug-likeness (QED) is 0.337. The first-order chi connectivity index (χ1) is 8.06. The molecular formula is C10H11N3O4. The van der Waals surface area contributed by atoms with Crippen LogP contribution in [0.4, 0.5) is 11.5 Å². The van der Waals surface area contributed by atoms with E-state index in [0.29, 0.717) is 13.0 Å². The zero-order valence-corrected chi connectivity index (χ0v) is 8.92. The number of carboxylic acids is 1. The Morgan fingerprint density at radius 3 is 2.94 bits per heavy atom. The summed E-state index contributed by atoms with van der Waals surface area (Å²) in [5, 5.41) is 22.2. The molecule has 0 saturated carbocycles. The van der Waals surface area contributed by atoms with Crippen molar-refractivity contribution in [1.82, 2.24) is 4.98 Å². The summed E-state index contributed by atoms with van der Waals surface area (Å²) in [5.41, 5.74) is -0.570. The Labute approximate surface area is 96.9 Å². The molecule has 17 heavy (non-hydrogen) atoms. The molecule has 0 unspecified atom stereocenters. The molecule has 1 aromatic heterocycles. The molecule has 0 aliphatic carbocycles. The number of hydrogen-bond acceptors (Lipinski definition) is 5. The van der Waals surface area contributed by atoms with Gasteiger partial charge in [0.05, 0.1) is 10.5 Å². The summed E-state index contributed by atoms with van der Waals surface area (Å²) >= 11 is 0. The fourth-order valence-corrected chi connectivity index (χ4v) is 1.14. The van der Waals surface area contributed by atoms with Crippen molar-refractivity contribution in [1.29, 1.82) is 0 Å². The summed E-state index contributed by atoms with van der Waals surface area (Å²) in [6, 6.07) is 0.978. The molecule has 1 rings (SSSR count). The SMILES string of the molecule is C=CCCNc1ncc(C(=O)O)cc1[N+](=O)[O-]. The van der Waals surface area contributed by atoms with Crippen LogP contribution in [-0.4, -0.2) is 27.5 Å². The van der Waals surface area contributed by atoms with E-state index in [4.69, 9.17) is 5.11 Å². The monoisotopic (exact) mass is 237 g/mol. The zero-order valence-electron chi connectivity index (χ0n) is 8.92. The molecule has 0 spiro atoms. The maximum absolute atomic E-state index is 10.7. The van der Waals surface area contributed by atoms with Crippen LogP contribution in [-0.2, 0) is 0 Å². The molecule has 7 nitrogen and oxygen atoms in total. The highest BCUT2D eigenvalue weighted by molar-refractivity contribution is 5.88. The molecule has 0 fully saturated rings. The van der Waals surface area contributed by atoms with E-state index in [-0.39, 0.29) is 17.1 Å². The van der Waals surface area contributed by atoms with Crippen molar-refractivity contribution in [3.05, 3.63) is 40.6 Å². The topological polar surface area (TPSA) is 105 Å². The van der Waals surface area contributed by atoms with Gasteiger partial charge in [-0.05, 0) is 6.42 Å². The molecule has 0 saturated heterocycles. The fraction of sp³-hybridized carbons (Fsp3) is 0.200. The summed E-state index contributed by atoms with van der Waals surface area (Å²) < 4.78 is 0. The number of nitrogens with zero attached hydrogens (tertiary/aromatic N) is 2. The van der Waals surface area contributed by atoms with Crippen LogP contribution < -0.4 is 5.32 Å². The number of rotatable bonds is 6. The Balaban J connectivity index is 3.00. The Morgan fingerprint density at radius 2 is 2.41 bits per heavy atom. The van der Waals surface area contributed by atoms with Crippen LogP contribution in [0.5, 0.6) is 0 Å². The standard InChI is InChI=1S/C10H11N3O4/c1-2-3-4-11-9-8(13(16)17)5-7(6-12-9)10(14)15/h2,5-6H,1,3-4H2,(H,11,12)(H,14,15). The van der Waals surface area contributed by atoms with Gasteiger partial charge in [-0.3, -0.25) is 10.1 Å². The minimum absolute atomic E-state index is 0.0573. The van der Waals surface area contributed by atoms with Gasteiger partial charge in [0.2, 0.25) is 5.82 Å². The van der Waals surface area contributed by atoms with Crippen LogP contribution in [0.3, 0.4) is 0 Å². The largest absolute Gasteiger partial charge is 0.478 e. The molecule has 0 atom stereocenters. The molecular weight excluding hydrogens is 226 g/mol. The summed E-state index contributed by atoms with van der Waals surface area (Å²) in [5.74, 6) is -1.19. The van der Waals surface area contributed by atoms with Crippen LogP contribution in [0.15, 0.2) is 24.9 Å². The molecule has 0 amide bonds. The first kappa shape index (κ1) is 12.6. The Kier molecular flexibility index (Phi) is 4.15. The molecule has 1 aromatic rings. The van der Waals surface area contributed by atoms with Crippen LogP contribution in [0.1, 0.15) is 16.8 Å². The maximum Gasteiger partial charge on any atom is 0.337 e. The number of aromatic nitrogens is 1. The van der Waals surface area contributed by atoms with Crippen LogP contribution in [0, 0.1) is 10.1 Å². The highest BCUT2D eigenvalue weighted by Gasteiger charge is 2.18. The van der Waals surface area contributed by atoms with Crippen molar-refractivity contribution < 1.29 is 14.8 Å². The van der Waals surface area contributed by atoms with E-state index >= 15 is 0 Å². The first-order valence-electron chi connectivity index (χ1n) is 4.78. The van der Waals surface area contributed by atoms with Crippen LogP contribution >= 0.6 is 0 Å². The van der Waals surface area contributed by atoms with Gasteiger partial charge in [0.25, 0.3) is 0 Å². The number of anilines is 1. The molecule has 0 aromatic carbocycles.